The van der Waals surface area contributed by atoms with Crippen LogP contribution < -0.4 is 9.47 Å². The fourth-order valence-electron chi connectivity index (χ4n) is 4.15. The summed E-state index contributed by atoms with van der Waals surface area (Å²) in [5, 5.41) is 0. The van der Waals surface area contributed by atoms with Crippen LogP contribution in [0.1, 0.15) is 68.9 Å². The largest absolute Gasteiger partial charge is 0.488 e. The van der Waals surface area contributed by atoms with Crippen molar-refractivity contribution >= 4 is 6.29 Å². The highest BCUT2D eigenvalue weighted by molar-refractivity contribution is 5.64. The first kappa shape index (κ1) is 20.4. The Kier molecular flexibility index (Phi) is 5.56. The number of ether oxygens (including phenoxy) is 2. The summed E-state index contributed by atoms with van der Waals surface area (Å²) >= 11 is 0. The lowest BCUT2D eigenvalue weighted by Gasteiger charge is -2.29. The van der Waals surface area contributed by atoms with Gasteiger partial charge >= 0.3 is 0 Å². The van der Waals surface area contributed by atoms with Crippen LogP contribution in [0.2, 0.25) is 0 Å². The van der Waals surface area contributed by atoms with Crippen molar-refractivity contribution in [2.45, 2.75) is 78.4 Å². The van der Waals surface area contributed by atoms with E-state index < -0.39 is 0 Å². The van der Waals surface area contributed by atoms with Crippen LogP contribution >= 0.6 is 0 Å². The van der Waals surface area contributed by atoms with Crippen molar-refractivity contribution in [2.24, 2.45) is 0 Å². The standard InChI is InChI=1S/C25H32O3/c1-17-20-15-25(5,6)28-23(20)19(13-10-14-26)21(24(2,3)4)22(17)27-16-18-11-8-7-9-12-18/h7-9,11-12,14H,10,13,15-16H2,1-6H3. The Balaban J connectivity index is 2.15. The zero-order valence-electron chi connectivity index (χ0n) is 18.0. The lowest BCUT2D eigenvalue weighted by molar-refractivity contribution is -0.107. The molecule has 2 aromatic rings. The molecule has 1 aliphatic rings. The van der Waals surface area contributed by atoms with Gasteiger partial charge in [0.05, 0.1) is 0 Å². The maximum absolute atomic E-state index is 11.2. The number of hydrogen-bond acceptors (Lipinski definition) is 3. The van der Waals surface area contributed by atoms with E-state index in [1.54, 1.807) is 0 Å². The van der Waals surface area contributed by atoms with Gasteiger partial charge in [0.2, 0.25) is 0 Å². The molecular weight excluding hydrogens is 348 g/mol. The molecule has 1 heterocycles. The summed E-state index contributed by atoms with van der Waals surface area (Å²) in [5.74, 6) is 1.93. The summed E-state index contributed by atoms with van der Waals surface area (Å²) in [6, 6.07) is 10.2. The van der Waals surface area contributed by atoms with Gasteiger partial charge in [-0.05, 0) is 43.7 Å². The van der Waals surface area contributed by atoms with Crippen LogP contribution in [0.3, 0.4) is 0 Å². The molecule has 0 unspecified atom stereocenters. The van der Waals surface area contributed by atoms with Gasteiger partial charge in [-0.2, -0.15) is 0 Å². The van der Waals surface area contributed by atoms with Crippen LogP contribution in [0.4, 0.5) is 0 Å². The zero-order chi connectivity index (χ0) is 20.5. The topological polar surface area (TPSA) is 35.5 Å². The lowest BCUT2D eigenvalue weighted by Crippen LogP contribution is -2.25. The van der Waals surface area contributed by atoms with E-state index in [1.807, 2.05) is 18.2 Å². The van der Waals surface area contributed by atoms with Gasteiger partial charge in [-0.3, -0.25) is 0 Å². The highest BCUT2D eigenvalue weighted by Gasteiger charge is 2.38. The van der Waals surface area contributed by atoms with E-state index in [0.29, 0.717) is 19.4 Å². The second-order valence-corrected chi connectivity index (χ2v) is 9.38. The Morgan fingerprint density at radius 3 is 2.46 bits per heavy atom. The second-order valence-electron chi connectivity index (χ2n) is 9.38. The van der Waals surface area contributed by atoms with Crippen molar-refractivity contribution in [1.82, 2.24) is 0 Å². The van der Waals surface area contributed by atoms with Crippen LogP contribution in [-0.4, -0.2) is 11.9 Å². The number of hydrogen-bond donors (Lipinski definition) is 0. The summed E-state index contributed by atoms with van der Waals surface area (Å²) in [4.78, 5) is 11.2. The normalized spacial score (nSPS) is 15.1. The molecule has 0 fully saturated rings. The molecule has 0 aromatic heterocycles. The zero-order valence-corrected chi connectivity index (χ0v) is 18.0. The van der Waals surface area contributed by atoms with Crippen molar-refractivity contribution in [2.75, 3.05) is 0 Å². The molecule has 0 N–H and O–H groups in total. The predicted octanol–water partition coefficient (Wildman–Crippen LogP) is 5.72. The molecule has 3 rings (SSSR count). The fraction of sp³-hybridized carbons (Fsp3) is 0.480. The number of aldehydes is 1. The van der Waals surface area contributed by atoms with Crippen molar-refractivity contribution in [3.63, 3.8) is 0 Å². The van der Waals surface area contributed by atoms with Crippen molar-refractivity contribution in [1.29, 1.82) is 0 Å². The molecule has 0 saturated carbocycles. The molecule has 0 atom stereocenters. The van der Waals surface area contributed by atoms with E-state index in [9.17, 15) is 4.79 Å². The molecule has 0 radical (unpaired) electrons. The third-order valence-corrected chi connectivity index (χ3v) is 5.34. The van der Waals surface area contributed by atoms with Crippen LogP contribution in [0.15, 0.2) is 30.3 Å². The van der Waals surface area contributed by atoms with Crippen LogP contribution in [0, 0.1) is 6.92 Å². The number of carbonyl (C=O) groups excluding carboxylic acids is 1. The summed E-state index contributed by atoms with van der Waals surface area (Å²) in [5.41, 5.74) is 5.47. The highest BCUT2D eigenvalue weighted by Crippen LogP contribution is 2.49. The molecule has 3 nitrogen and oxygen atoms in total. The highest BCUT2D eigenvalue weighted by atomic mass is 16.5. The minimum Gasteiger partial charge on any atom is -0.488 e. The van der Waals surface area contributed by atoms with E-state index >= 15 is 0 Å². The molecule has 1 aliphatic heterocycles. The summed E-state index contributed by atoms with van der Waals surface area (Å²) < 4.78 is 12.8. The Hall–Kier alpha value is -2.29. The molecule has 0 saturated heterocycles. The Morgan fingerprint density at radius 2 is 1.86 bits per heavy atom. The third-order valence-electron chi connectivity index (χ3n) is 5.34. The van der Waals surface area contributed by atoms with Crippen molar-refractivity contribution in [3.05, 3.63) is 58.1 Å². The van der Waals surface area contributed by atoms with Gasteiger partial charge in [0.1, 0.15) is 30.0 Å². The van der Waals surface area contributed by atoms with E-state index in [0.717, 1.165) is 40.9 Å². The maximum atomic E-state index is 11.2. The molecule has 2 aromatic carbocycles. The van der Waals surface area contributed by atoms with Gasteiger partial charge in [-0.15, -0.1) is 0 Å². The number of fused-ring (bicyclic) bond motifs is 1. The van der Waals surface area contributed by atoms with E-state index in [4.69, 9.17) is 9.47 Å². The first-order valence-electron chi connectivity index (χ1n) is 10.1. The van der Waals surface area contributed by atoms with Gasteiger partial charge in [0, 0.05) is 29.5 Å². The van der Waals surface area contributed by atoms with Gasteiger partial charge in [0.15, 0.2) is 0 Å². The molecule has 0 spiro atoms. The van der Waals surface area contributed by atoms with Crippen molar-refractivity contribution < 1.29 is 14.3 Å². The van der Waals surface area contributed by atoms with E-state index in [-0.39, 0.29) is 11.0 Å². The van der Waals surface area contributed by atoms with E-state index in [1.165, 1.54) is 11.1 Å². The number of benzene rings is 2. The summed E-state index contributed by atoms with van der Waals surface area (Å²) in [7, 11) is 0. The van der Waals surface area contributed by atoms with Gasteiger partial charge < -0.3 is 14.3 Å². The Labute approximate surface area is 169 Å². The molecule has 0 bridgehead atoms. The quantitative estimate of drug-likeness (QED) is 0.602. The minimum absolute atomic E-state index is 0.125. The van der Waals surface area contributed by atoms with Crippen LogP contribution in [0.25, 0.3) is 0 Å². The van der Waals surface area contributed by atoms with Crippen molar-refractivity contribution in [3.8, 4) is 11.5 Å². The van der Waals surface area contributed by atoms with Gasteiger partial charge in [-0.1, -0.05) is 51.1 Å². The lowest BCUT2D eigenvalue weighted by atomic mass is 9.78. The average Bonchev–Trinajstić information content (AvgIpc) is 2.95. The minimum atomic E-state index is -0.240. The number of rotatable bonds is 6. The molecule has 3 heteroatoms. The van der Waals surface area contributed by atoms with Gasteiger partial charge in [0.25, 0.3) is 0 Å². The summed E-state index contributed by atoms with van der Waals surface area (Å²) in [6.45, 7) is 13.5. The monoisotopic (exact) mass is 380 g/mol. The first-order chi connectivity index (χ1) is 13.1. The van der Waals surface area contributed by atoms with E-state index in [2.05, 4.69) is 53.7 Å². The van der Waals surface area contributed by atoms with Crippen LogP contribution in [0.5, 0.6) is 11.5 Å². The molecule has 150 valence electrons. The molecule has 28 heavy (non-hydrogen) atoms. The number of carbonyl (C=O) groups is 1. The van der Waals surface area contributed by atoms with Gasteiger partial charge in [-0.25, -0.2) is 0 Å². The molecule has 0 aliphatic carbocycles. The SMILES string of the molecule is Cc1c2c(c(CCC=O)c(C(C)(C)C)c1OCc1ccccc1)OC(C)(C)C2. The summed E-state index contributed by atoms with van der Waals surface area (Å²) in [6.07, 6.45) is 3.01. The molecular formula is C25H32O3. The average molecular weight is 381 g/mol. The predicted molar refractivity (Wildman–Crippen MR) is 113 cm³/mol. The third kappa shape index (κ3) is 4.09. The first-order valence-corrected chi connectivity index (χ1v) is 10.1. The molecule has 0 amide bonds. The Morgan fingerprint density at radius 1 is 1.18 bits per heavy atom. The fourth-order valence-corrected chi connectivity index (χ4v) is 4.15. The van der Waals surface area contributed by atoms with Crippen LogP contribution in [-0.2, 0) is 29.7 Å². The smallest absolute Gasteiger partial charge is 0.127 e. The second kappa shape index (κ2) is 7.62. The Bertz CT molecular complexity index is 858. The maximum Gasteiger partial charge on any atom is 0.127 e.